The van der Waals surface area contributed by atoms with Crippen LogP contribution in [0.2, 0.25) is 0 Å². The van der Waals surface area contributed by atoms with Gasteiger partial charge in [-0.15, -0.1) is 0 Å². The Labute approximate surface area is 93.7 Å². The molecule has 0 unspecified atom stereocenters. The van der Waals surface area contributed by atoms with Gasteiger partial charge in [0.25, 0.3) is 5.91 Å². The molecular weight excluding hydrogens is 206 g/mol. The largest absolute Gasteiger partial charge is 0.312 e. The van der Waals surface area contributed by atoms with Crippen LogP contribution >= 0.6 is 0 Å². The van der Waals surface area contributed by atoms with Crippen molar-refractivity contribution in [3.63, 3.8) is 0 Å². The predicted octanol–water partition coefficient (Wildman–Crippen LogP) is -0.0364. The lowest BCUT2D eigenvalue weighted by molar-refractivity contribution is -0.147. The van der Waals surface area contributed by atoms with E-state index in [-0.39, 0.29) is 11.8 Å². The van der Waals surface area contributed by atoms with Crippen LogP contribution < -0.4 is 10.6 Å². The maximum Gasteiger partial charge on any atom is 0.263 e. The Morgan fingerprint density at radius 2 is 2.12 bits per heavy atom. The van der Waals surface area contributed by atoms with Gasteiger partial charge in [-0.2, -0.15) is 4.99 Å². The molecule has 0 aromatic rings. The lowest BCUT2D eigenvalue weighted by Gasteiger charge is -2.39. The van der Waals surface area contributed by atoms with Gasteiger partial charge >= 0.3 is 0 Å². The fourth-order valence-electron chi connectivity index (χ4n) is 2.19. The summed E-state index contributed by atoms with van der Waals surface area (Å²) in [5.74, 6) is 0.0980. The number of amides is 2. The zero-order valence-corrected chi connectivity index (χ0v) is 9.08. The normalized spacial score (nSPS) is 27.4. The average Bonchev–Trinajstić information content (AvgIpc) is 2.94. The number of hydrogen-bond acceptors (Lipinski definition) is 3. The molecule has 0 atom stereocenters. The van der Waals surface area contributed by atoms with Gasteiger partial charge in [-0.1, -0.05) is 6.42 Å². The fraction of sp³-hybridized carbons (Fsp3) is 0.727. The highest BCUT2D eigenvalue weighted by Crippen LogP contribution is 2.43. The Balaban J connectivity index is 1.69. The summed E-state index contributed by atoms with van der Waals surface area (Å²) in [6.07, 6.45) is 4.62. The second kappa shape index (κ2) is 3.38. The summed E-state index contributed by atoms with van der Waals surface area (Å²) in [5, 5.41) is 5.98. The van der Waals surface area contributed by atoms with Crippen LogP contribution in [0.4, 0.5) is 0 Å². The quantitative estimate of drug-likeness (QED) is 0.657. The van der Waals surface area contributed by atoms with E-state index < -0.39 is 5.41 Å². The van der Waals surface area contributed by atoms with Gasteiger partial charge < -0.3 is 10.6 Å². The average molecular weight is 221 g/mol. The minimum atomic E-state index is -0.802. The van der Waals surface area contributed by atoms with E-state index in [1.54, 1.807) is 0 Å². The molecule has 3 rings (SSSR count). The van der Waals surface area contributed by atoms with Crippen molar-refractivity contribution < 1.29 is 9.59 Å². The first-order valence-corrected chi connectivity index (χ1v) is 5.87. The smallest absolute Gasteiger partial charge is 0.263 e. The number of aliphatic imine (C=N–C) groups is 1. The van der Waals surface area contributed by atoms with E-state index >= 15 is 0 Å². The Morgan fingerprint density at radius 3 is 2.62 bits per heavy atom. The molecule has 86 valence electrons. The van der Waals surface area contributed by atoms with Crippen LogP contribution in [0.15, 0.2) is 4.99 Å². The molecule has 0 radical (unpaired) electrons. The molecule has 16 heavy (non-hydrogen) atoms. The molecular formula is C11H15N3O2. The predicted molar refractivity (Wildman–Crippen MR) is 57.9 cm³/mol. The molecule has 0 aromatic carbocycles. The number of carbonyl (C=O) groups is 2. The van der Waals surface area contributed by atoms with Crippen molar-refractivity contribution in [3.05, 3.63) is 0 Å². The highest BCUT2D eigenvalue weighted by Gasteiger charge is 2.53. The van der Waals surface area contributed by atoms with E-state index in [0.29, 0.717) is 31.3 Å². The first-order valence-electron chi connectivity index (χ1n) is 5.87. The van der Waals surface area contributed by atoms with Gasteiger partial charge in [0.15, 0.2) is 0 Å². The lowest BCUT2D eigenvalue weighted by atomic mass is 9.67. The van der Waals surface area contributed by atoms with Crippen LogP contribution in [0.5, 0.6) is 0 Å². The van der Waals surface area contributed by atoms with Gasteiger partial charge in [-0.05, 0) is 25.7 Å². The minimum absolute atomic E-state index is 0.147. The molecule has 0 aromatic heterocycles. The SMILES string of the molecule is O=C1N=C(CNC2CC2)NC(=O)C12CCC2. The van der Waals surface area contributed by atoms with Gasteiger partial charge in [0.2, 0.25) is 5.91 Å². The minimum Gasteiger partial charge on any atom is -0.312 e. The lowest BCUT2D eigenvalue weighted by Crippen LogP contribution is -2.57. The number of nitrogens with one attached hydrogen (secondary N) is 2. The highest BCUT2D eigenvalue weighted by atomic mass is 16.2. The number of rotatable bonds is 3. The fourth-order valence-corrected chi connectivity index (χ4v) is 2.19. The molecule has 2 fully saturated rings. The molecule has 2 saturated carbocycles. The topological polar surface area (TPSA) is 70.6 Å². The van der Waals surface area contributed by atoms with Gasteiger partial charge in [0, 0.05) is 6.04 Å². The molecule has 5 nitrogen and oxygen atoms in total. The molecule has 3 aliphatic rings. The van der Waals surface area contributed by atoms with Crippen molar-refractivity contribution in [3.8, 4) is 0 Å². The van der Waals surface area contributed by atoms with E-state index in [9.17, 15) is 9.59 Å². The number of nitrogens with zero attached hydrogens (tertiary/aromatic N) is 1. The molecule has 5 heteroatoms. The third-order valence-electron chi connectivity index (χ3n) is 3.68. The Kier molecular flexibility index (Phi) is 2.10. The third kappa shape index (κ3) is 1.46. The Hall–Kier alpha value is -1.23. The van der Waals surface area contributed by atoms with E-state index in [1.807, 2.05) is 0 Å². The van der Waals surface area contributed by atoms with E-state index in [2.05, 4.69) is 15.6 Å². The van der Waals surface area contributed by atoms with E-state index in [4.69, 9.17) is 0 Å². The standard InChI is InChI=1S/C11H15N3O2/c15-9-11(4-1-5-11)10(16)14-8(13-9)6-12-7-2-3-7/h7,12H,1-6H2,(H,13,14,15,16). The van der Waals surface area contributed by atoms with Crippen LogP contribution in [0.1, 0.15) is 32.1 Å². The summed E-state index contributed by atoms with van der Waals surface area (Å²) in [5.41, 5.74) is -0.802. The zero-order chi connectivity index (χ0) is 11.2. The van der Waals surface area contributed by atoms with Crippen molar-refractivity contribution in [1.29, 1.82) is 0 Å². The van der Waals surface area contributed by atoms with Gasteiger partial charge in [0.1, 0.15) is 11.3 Å². The monoisotopic (exact) mass is 221 g/mol. The Bertz CT molecular complexity index is 381. The zero-order valence-electron chi connectivity index (χ0n) is 9.08. The summed E-state index contributed by atoms with van der Waals surface area (Å²) in [7, 11) is 0. The van der Waals surface area contributed by atoms with Crippen LogP contribution in [-0.4, -0.2) is 30.2 Å². The molecule has 2 amide bonds. The summed E-state index contributed by atoms with van der Waals surface area (Å²) >= 11 is 0. The van der Waals surface area contributed by atoms with Crippen molar-refractivity contribution in [2.75, 3.05) is 6.54 Å². The molecule has 2 N–H and O–H groups in total. The molecule has 2 aliphatic carbocycles. The van der Waals surface area contributed by atoms with Gasteiger partial charge in [0.05, 0.1) is 6.54 Å². The second-order valence-electron chi connectivity index (χ2n) is 4.91. The third-order valence-corrected chi connectivity index (χ3v) is 3.68. The van der Waals surface area contributed by atoms with Crippen LogP contribution in [-0.2, 0) is 9.59 Å². The molecule has 0 bridgehead atoms. The maximum absolute atomic E-state index is 11.8. The summed E-state index contributed by atoms with van der Waals surface area (Å²) in [6.45, 7) is 0.498. The van der Waals surface area contributed by atoms with Crippen LogP contribution in [0, 0.1) is 5.41 Å². The summed E-state index contributed by atoms with van der Waals surface area (Å²) in [4.78, 5) is 27.6. The molecule has 1 heterocycles. The first-order chi connectivity index (χ1) is 7.71. The van der Waals surface area contributed by atoms with Gasteiger partial charge in [-0.25, -0.2) is 0 Å². The van der Waals surface area contributed by atoms with E-state index in [0.717, 1.165) is 6.42 Å². The molecule has 1 spiro atoms. The molecule has 1 aliphatic heterocycles. The van der Waals surface area contributed by atoms with Crippen molar-refractivity contribution in [1.82, 2.24) is 10.6 Å². The van der Waals surface area contributed by atoms with Crippen molar-refractivity contribution >= 4 is 17.6 Å². The first kappa shape index (κ1) is 9.96. The van der Waals surface area contributed by atoms with Gasteiger partial charge in [-0.3, -0.25) is 9.59 Å². The van der Waals surface area contributed by atoms with E-state index in [1.165, 1.54) is 12.8 Å². The second-order valence-corrected chi connectivity index (χ2v) is 4.91. The summed E-state index contributed by atoms with van der Waals surface area (Å²) < 4.78 is 0. The van der Waals surface area contributed by atoms with Crippen molar-refractivity contribution in [2.24, 2.45) is 10.4 Å². The number of hydrogen-bond donors (Lipinski definition) is 2. The van der Waals surface area contributed by atoms with Crippen LogP contribution in [0.25, 0.3) is 0 Å². The molecule has 0 saturated heterocycles. The van der Waals surface area contributed by atoms with Crippen LogP contribution in [0.3, 0.4) is 0 Å². The number of amidine groups is 1. The summed E-state index contributed by atoms with van der Waals surface area (Å²) in [6, 6.07) is 0.550. The van der Waals surface area contributed by atoms with Crippen molar-refractivity contribution in [2.45, 2.75) is 38.1 Å². The number of carbonyl (C=O) groups excluding carboxylic acids is 2. The Morgan fingerprint density at radius 1 is 1.38 bits per heavy atom. The highest BCUT2D eigenvalue weighted by molar-refractivity contribution is 6.19. The maximum atomic E-state index is 11.8.